The Morgan fingerprint density at radius 1 is 1.41 bits per heavy atom. The van der Waals surface area contributed by atoms with Gasteiger partial charge in [0.15, 0.2) is 0 Å². The lowest BCUT2D eigenvalue weighted by molar-refractivity contribution is 0.0691. The minimum absolute atomic E-state index is 0.107. The van der Waals surface area contributed by atoms with Gasteiger partial charge in [-0.3, -0.25) is 0 Å². The Morgan fingerprint density at radius 2 is 2.12 bits per heavy atom. The lowest BCUT2D eigenvalue weighted by Crippen LogP contribution is -2.16. The lowest BCUT2D eigenvalue weighted by Gasteiger charge is -2.16. The zero-order valence-electron chi connectivity index (χ0n) is 10.5. The van der Waals surface area contributed by atoms with Crippen LogP contribution >= 0.6 is 0 Å². The number of aromatic carboxylic acids is 1. The number of carboxylic acids is 1. The molecule has 1 atom stereocenters. The monoisotopic (exact) mass is 236 g/mol. The van der Waals surface area contributed by atoms with Crippen molar-refractivity contribution < 1.29 is 14.6 Å². The molecule has 0 amide bonds. The molecule has 0 aliphatic carbocycles. The molecule has 0 bridgehead atoms. The van der Waals surface area contributed by atoms with E-state index in [-0.39, 0.29) is 6.10 Å². The molecule has 17 heavy (non-hydrogen) atoms. The van der Waals surface area contributed by atoms with Crippen molar-refractivity contribution in [3.05, 3.63) is 35.4 Å². The molecular formula is C14H20O3. The number of carboxylic acid groups (broad SMARTS) is 1. The largest absolute Gasteiger partial charge is 0.478 e. The van der Waals surface area contributed by atoms with Gasteiger partial charge < -0.3 is 9.84 Å². The fourth-order valence-electron chi connectivity index (χ4n) is 1.89. The highest BCUT2D eigenvalue weighted by Gasteiger charge is 2.14. The second-order valence-electron chi connectivity index (χ2n) is 4.17. The molecule has 3 heteroatoms. The molecule has 1 rings (SSSR count). The minimum Gasteiger partial charge on any atom is -0.478 e. The molecule has 0 aliphatic rings. The molecule has 0 aliphatic heterocycles. The third-order valence-corrected chi connectivity index (χ3v) is 2.91. The molecule has 0 radical (unpaired) electrons. The number of methoxy groups -OCH3 is 1. The summed E-state index contributed by atoms with van der Waals surface area (Å²) in [5.74, 6) is -0.869. The highest BCUT2D eigenvalue weighted by Crippen LogP contribution is 2.15. The summed E-state index contributed by atoms with van der Waals surface area (Å²) < 4.78 is 5.40. The molecule has 0 fully saturated rings. The van der Waals surface area contributed by atoms with Crippen molar-refractivity contribution in [2.75, 3.05) is 7.11 Å². The topological polar surface area (TPSA) is 46.5 Å². The highest BCUT2D eigenvalue weighted by molar-refractivity contribution is 5.89. The number of ether oxygens (including phenoxy) is 1. The molecule has 0 saturated carbocycles. The summed E-state index contributed by atoms with van der Waals surface area (Å²) >= 11 is 0. The average Bonchev–Trinajstić information content (AvgIpc) is 2.34. The van der Waals surface area contributed by atoms with Gasteiger partial charge in [-0.2, -0.15) is 0 Å². The number of benzene rings is 1. The Morgan fingerprint density at radius 3 is 2.71 bits per heavy atom. The predicted octanol–water partition coefficient (Wildman–Crippen LogP) is 3.13. The van der Waals surface area contributed by atoms with Gasteiger partial charge in [0.2, 0.25) is 0 Å². The Balaban J connectivity index is 2.75. The van der Waals surface area contributed by atoms with Gasteiger partial charge in [0.1, 0.15) is 0 Å². The van der Waals surface area contributed by atoms with E-state index in [1.807, 2.05) is 12.1 Å². The van der Waals surface area contributed by atoms with E-state index in [1.54, 1.807) is 19.2 Å². The first-order valence-electron chi connectivity index (χ1n) is 6.03. The first kappa shape index (κ1) is 13.7. The zero-order valence-corrected chi connectivity index (χ0v) is 10.5. The maximum absolute atomic E-state index is 11.1. The van der Waals surface area contributed by atoms with Crippen molar-refractivity contribution in [1.29, 1.82) is 0 Å². The number of rotatable bonds is 7. The lowest BCUT2D eigenvalue weighted by atomic mass is 9.99. The van der Waals surface area contributed by atoms with Crippen LogP contribution in [0, 0.1) is 0 Å². The van der Waals surface area contributed by atoms with E-state index < -0.39 is 5.97 Å². The molecule has 1 aromatic carbocycles. The van der Waals surface area contributed by atoms with E-state index >= 15 is 0 Å². The van der Waals surface area contributed by atoms with Crippen LogP contribution in [0.1, 0.15) is 42.1 Å². The van der Waals surface area contributed by atoms with Crippen molar-refractivity contribution in [3.8, 4) is 0 Å². The van der Waals surface area contributed by atoms with Crippen molar-refractivity contribution >= 4 is 5.97 Å². The second kappa shape index (κ2) is 7.07. The van der Waals surface area contributed by atoms with Crippen LogP contribution in [0.3, 0.4) is 0 Å². The first-order valence-corrected chi connectivity index (χ1v) is 6.03. The Bertz CT molecular complexity index is 360. The molecule has 1 unspecified atom stereocenters. The van der Waals surface area contributed by atoms with Crippen LogP contribution in [0.4, 0.5) is 0 Å². The maximum Gasteiger partial charge on any atom is 0.335 e. The van der Waals surface area contributed by atoms with E-state index in [9.17, 15) is 4.79 Å². The van der Waals surface area contributed by atoms with E-state index in [1.165, 1.54) is 0 Å². The number of hydrogen-bond donors (Lipinski definition) is 1. The fraction of sp³-hybridized carbons (Fsp3) is 0.500. The molecule has 1 N–H and O–H groups in total. The summed E-state index contributed by atoms with van der Waals surface area (Å²) in [5, 5.41) is 9.09. The molecule has 94 valence electrons. The first-order chi connectivity index (χ1) is 8.19. The van der Waals surface area contributed by atoms with Crippen LogP contribution in [0.15, 0.2) is 24.3 Å². The van der Waals surface area contributed by atoms with Crippen molar-refractivity contribution in [2.45, 2.75) is 38.7 Å². The van der Waals surface area contributed by atoms with Gasteiger partial charge in [-0.05, 0) is 24.5 Å². The summed E-state index contributed by atoms with van der Waals surface area (Å²) in [6, 6.07) is 7.13. The Kier molecular flexibility index (Phi) is 5.70. The van der Waals surface area contributed by atoms with Gasteiger partial charge in [0, 0.05) is 7.11 Å². The van der Waals surface area contributed by atoms with Crippen LogP contribution in [0.2, 0.25) is 0 Å². The summed E-state index contributed by atoms with van der Waals surface area (Å²) in [4.78, 5) is 11.1. The zero-order chi connectivity index (χ0) is 12.7. The summed E-state index contributed by atoms with van der Waals surface area (Å²) in [6.45, 7) is 2.14. The van der Waals surface area contributed by atoms with Gasteiger partial charge in [-0.25, -0.2) is 4.79 Å². The molecule has 0 spiro atoms. The minimum atomic E-state index is -0.869. The van der Waals surface area contributed by atoms with Gasteiger partial charge in [0.25, 0.3) is 0 Å². The Labute approximate surface area is 102 Å². The normalized spacial score (nSPS) is 12.4. The Hall–Kier alpha value is -1.35. The van der Waals surface area contributed by atoms with Crippen molar-refractivity contribution in [3.63, 3.8) is 0 Å². The van der Waals surface area contributed by atoms with Gasteiger partial charge in [-0.1, -0.05) is 38.0 Å². The molecule has 1 aromatic rings. The molecule has 0 heterocycles. The van der Waals surface area contributed by atoms with Crippen molar-refractivity contribution in [1.82, 2.24) is 0 Å². The van der Waals surface area contributed by atoms with Gasteiger partial charge in [-0.15, -0.1) is 0 Å². The van der Waals surface area contributed by atoms with E-state index in [2.05, 4.69) is 6.92 Å². The summed E-state index contributed by atoms with van der Waals surface area (Å²) in [7, 11) is 1.68. The van der Waals surface area contributed by atoms with Gasteiger partial charge in [0.05, 0.1) is 11.7 Å². The third-order valence-electron chi connectivity index (χ3n) is 2.91. The SMILES string of the molecule is CCCCC(Cc1ccccc1C(=O)O)OC. The van der Waals surface area contributed by atoms with Gasteiger partial charge >= 0.3 is 5.97 Å². The highest BCUT2D eigenvalue weighted by atomic mass is 16.5. The number of carbonyl (C=O) groups is 1. The van der Waals surface area contributed by atoms with Crippen LogP contribution in [0.5, 0.6) is 0 Å². The molecule has 3 nitrogen and oxygen atoms in total. The van der Waals surface area contributed by atoms with E-state index in [0.29, 0.717) is 12.0 Å². The molecule has 0 aromatic heterocycles. The summed E-state index contributed by atoms with van der Waals surface area (Å²) in [6.07, 6.45) is 3.98. The quantitative estimate of drug-likeness (QED) is 0.791. The van der Waals surface area contributed by atoms with Crippen LogP contribution in [-0.4, -0.2) is 24.3 Å². The third kappa shape index (κ3) is 4.19. The van der Waals surface area contributed by atoms with E-state index in [0.717, 1.165) is 24.8 Å². The fourth-order valence-corrected chi connectivity index (χ4v) is 1.89. The average molecular weight is 236 g/mol. The van der Waals surface area contributed by atoms with Crippen molar-refractivity contribution in [2.24, 2.45) is 0 Å². The van der Waals surface area contributed by atoms with Crippen LogP contribution in [0.25, 0.3) is 0 Å². The molecule has 0 saturated heterocycles. The number of unbranched alkanes of at least 4 members (excludes halogenated alkanes) is 1. The standard InChI is InChI=1S/C14H20O3/c1-3-4-8-12(17-2)10-11-7-5-6-9-13(11)14(15)16/h5-7,9,12H,3-4,8,10H2,1-2H3,(H,15,16). The summed E-state index contributed by atoms with van der Waals surface area (Å²) in [5.41, 5.74) is 1.23. The predicted molar refractivity (Wildman–Crippen MR) is 67.4 cm³/mol. The maximum atomic E-state index is 11.1. The van der Waals surface area contributed by atoms with Crippen LogP contribution in [-0.2, 0) is 11.2 Å². The number of hydrogen-bond acceptors (Lipinski definition) is 2. The second-order valence-corrected chi connectivity index (χ2v) is 4.17. The van der Waals surface area contributed by atoms with E-state index in [4.69, 9.17) is 9.84 Å². The molecular weight excluding hydrogens is 216 g/mol. The smallest absolute Gasteiger partial charge is 0.335 e. The van der Waals surface area contributed by atoms with Crippen LogP contribution < -0.4 is 0 Å².